The molecule has 0 aliphatic heterocycles. The van der Waals surface area contributed by atoms with Crippen LogP contribution in [0.1, 0.15) is 36.3 Å². The fraction of sp³-hybridized carbons (Fsp3) is 0.467. The first-order chi connectivity index (χ1) is 9.13. The second-order valence-corrected chi connectivity index (χ2v) is 5.77. The Hall–Kier alpha value is -1.10. The standard InChI is InChI=1S/C15H22N2OS/c1-4-14(16)15(13-6-8-19-10-13)17(3)9-12-5-7-18-11(12)2/h5-8,10,14-15H,4,9,16H2,1-3H3. The van der Waals surface area contributed by atoms with Gasteiger partial charge in [-0.15, -0.1) is 0 Å². The third-order valence-corrected chi connectivity index (χ3v) is 4.32. The minimum absolute atomic E-state index is 0.145. The van der Waals surface area contributed by atoms with Gasteiger partial charge < -0.3 is 10.2 Å². The highest BCUT2D eigenvalue weighted by atomic mass is 32.1. The molecule has 2 heterocycles. The van der Waals surface area contributed by atoms with E-state index >= 15 is 0 Å². The van der Waals surface area contributed by atoms with E-state index in [-0.39, 0.29) is 12.1 Å². The van der Waals surface area contributed by atoms with Gasteiger partial charge in [0.15, 0.2) is 0 Å². The van der Waals surface area contributed by atoms with E-state index in [0.29, 0.717) is 0 Å². The number of hydrogen-bond donors (Lipinski definition) is 1. The van der Waals surface area contributed by atoms with Gasteiger partial charge in [0, 0.05) is 18.2 Å². The first-order valence-corrected chi connectivity index (χ1v) is 7.58. The summed E-state index contributed by atoms with van der Waals surface area (Å²) in [6.07, 6.45) is 2.72. The Morgan fingerprint density at radius 3 is 2.74 bits per heavy atom. The van der Waals surface area contributed by atoms with Crippen molar-refractivity contribution in [3.05, 3.63) is 46.0 Å². The zero-order valence-corrected chi connectivity index (χ0v) is 12.6. The first-order valence-electron chi connectivity index (χ1n) is 6.64. The smallest absolute Gasteiger partial charge is 0.105 e. The molecule has 2 rings (SSSR count). The maximum absolute atomic E-state index is 6.32. The lowest BCUT2D eigenvalue weighted by molar-refractivity contribution is 0.201. The Morgan fingerprint density at radius 1 is 1.42 bits per heavy atom. The molecule has 0 aliphatic rings. The molecule has 0 bridgehead atoms. The zero-order chi connectivity index (χ0) is 13.8. The average Bonchev–Trinajstić information content (AvgIpc) is 3.03. The molecule has 0 aliphatic carbocycles. The van der Waals surface area contributed by atoms with Gasteiger partial charge in [-0.25, -0.2) is 0 Å². The van der Waals surface area contributed by atoms with E-state index in [2.05, 4.69) is 35.7 Å². The summed E-state index contributed by atoms with van der Waals surface area (Å²) >= 11 is 1.72. The Bertz CT molecular complexity index is 492. The van der Waals surface area contributed by atoms with E-state index in [1.807, 2.05) is 13.0 Å². The molecule has 2 aromatic heterocycles. The van der Waals surface area contributed by atoms with Crippen molar-refractivity contribution >= 4 is 11.3 Å². The van der Waals surface area contributed by atoms with Crippen LogP contribution in [-0.4, -0.2) is 18.0 Å². The van der Waals surface area contributed by atoms with Gasteiger partial charge in [0.05, 0.1) is 12.3 Å². The third-order valence-electron chi connectivity index (χ3n) is 3.62. The molecule has 0 aromatic carbocycles. The molecule has 104 valence electrons. The van der Waals surface area contributed by atoms with Gasteiger partial charge in [-0.05, 0) is 48.8 Å². The van der Waals surface area contributed by atoms with E-state index in [1.165, 1.54) is 11.1 Å². The molecular formula is C15H22N2OS. The SMILES string of the molecule is CCC(N)C(c1ccsc1)N(C)Cc1ccoc1C. The normalized spacial score (nSPS) is 14.8. The first kappa shape index (κ1) is 14.3. The molecule has 0 spiro atoms. The molecule has 0 saturated carbocycles. The summed E-state index contributed by atoms with van der Waals surface area (Å²) in [5, 5.41) is 4.31. The third kappa shape index (κ3) is 3.26. The van der Waals surface area contributed by atoms with Crippen molar-refractivity contribution in [2.75, 3.05) is 7.05 Å². The fourth-order valence-electron chi connectivity index (χ4n) is 2.44. The lowest BCUT2D eigenvalue weighted by atomic mass is 9.99. The number of nitrogens with zero attached hydrogens (tertiary/aromatic N) is 1. The van der Waals surface area contributed by atoms with Gasteiger partial charge >= 0.3 is 0 Å². The zero-order valence-electron chi connectivity index (χ0n) is 11.8. The van der Waals surface area contributed by atoms with Crippen LogP contribution in [0.2, 0.25) is 0 Å². The van der Waals surface area contributed by atoms with Crippen molar-refractivity contribution in [3.63, 3.8) is 0 Å². The summed E-state index contributed by atoms with van der Waals surface area (Å²) < 4.78 is 5.37. The van der Waals surface area contributed by atoms with E-state index in [4.69, 9.17) is 10.2 Å². The predicted octanol–water partition coefficient (Wildman–Crippen LogP) is 3.56. The second kappa shape index (κ2) is 6.37. The molecule has 2 aromatic rings. The van der Waals surface area contributed by atoms with Crippen LogP contribution >= 0.6 is 11.3 Å². The van der Waals surface area contributed by atoms with Crippen molar-refractivity contribution in [3.8, 4) is 0 Å². The molecule has 0 radical (unpaired) electrons. The Balaban J connectivity index is 2.17. The minimum atomic E-state index is 0.145. The second-order valence-electron chi connectivity index (χ2n) is 4.99. The van der Waals surface area contributed by atoms with E-state index in [0.717, 1.165) is 18.7 Å². The topological polar surface area (TPSA) is 42.4 Å². The minimum Gasteiger partial charge on any atom is -0.469 e. The van der Waals surface area contributed by atoms with Crippen LogP contribution in [0.5, 0.6) is 0 Å². The lowest BCUT2D eigenvalue weighted by Crippen LogP contribution is -2.38. The van der Waals surface area contributed by atoms with Crippen molar-refractivity contribution in [1.82, 2.24) is 4.90 Å². The lowest BCUT2D eigenvalue weighted by Gasteiger charge is -2.32. The molecule has 4 heteroatoms. The molecular weight excluding hydrogens is 256 g/mol. The summed E-state index contributed by atoms with van der Waals surface area (Å²) in [5.41, 5.74) is 8.85. The Morgan fingerprint density at radius 2 is 2.21 bits per heavy atom. The summed E-state index contributed by atoms with van der Waals surface area (Å²) in [5.74, 6) is 0.987. The average molecular weight is 278 g/mol. The maximum Gasteiger partial charge on any atom is 0.105 e. The van der Waals surface area contributed by atoms with Crippen LogP contribution in [0.25, 0.3) is 0 Å². The summed E-state index contributed by atoms with van der Waals surface area (Å²) in [6.45, 7) is 5.00. The molecule has 0 amide bonds. The number of likely N-dealkylation sites (N-methyl/N-ethyl adjacent to an activating group) is 1. The van der Waals surface area contributed by atoms with Crippen molar-refractivity contribution < 1.29 is 4.42 Å². The summed E-state index contributed by atoms with van der Waals surface area (Å²) in [6, 6.07) is 4.61. The molecule has 3 nitrogen and oxygen atoms in total. The number of nitrogens with two attached hydrogens (primary N) is 1. The molecule has 2 N–H and O–H groups in total. The Labute approximate surface area is 119 Å². The van der Waals surface area contributed by atoms with Gasteiger partial charge in [0.2, 0.25) is 0 Å². The highest BCUT2D eigenvalue weighted by Gasteiger charge is 2.24. The maximum atomic E-state index is 6.32. The molecule has 2 unspecified atom stereocenters. The summed E-state index contributed by atoms with van der Waals surface area (Å²) in [4.78, 5) is 2.31. The molecule has 19 heavy (non-hydrogen) atoms. The molecule has 0 fully saturated rings. The quantitative estimate of drug-likeness (QED) is 0.878. The van der Waals surface area contributed by atoms with Crippen LogP contribution < -0.4 is 5.73 Å². The monoisotopic (exact) mass is 278 g/mol. The van der Waals surface area contributed by atoms with Crippen LogP contribution in [-0.2, 0) is 6.54 Å². The molecule has 0 saturated heterocycles. The van der Waals surface area contributed by atoms with Crippen LogP contribution in [0.15, 0.2) is 33.6 Å². The van der Waals surface area contributed by atoms with Crippen LogP contribution in [0.3, 0.4) is 0 Å². The fourth-order valence-corrected chi connectivity index (χ4v) is 3.13. The summed E-state index contributed by atoms with van der Waals surface area (Å²) in [7, 11) is 2.13. The predicted molar refractivity (Wildman–Crippen MR) is 80.2 cm³/mol. The van der Waals surface area contributed by atoms with Crippen molar-refractivity contribution in [2.45, 2.75) is 38.9 Å². The number of rotatable bonds is 6. The van der Waals surface area contributed by atoms with E-state index in [9.17, 15) is 0 Å². The van der Waals surface area contributed by atoms with Gasteiger partial charge in [-0.1, -0.05) is 6.92 Å². The van der Waals surface area contributed by atoms with Gasteiger partial charge in [-0.3, -0.25) is 4.90 Å². The van der Waals surface area contributed by atoms with Gasteiger partial charge in [0.25, 0.3) is 0 Å². The largest absolute Gasteiger partial charge is 0.469 e. The van der Waals surface area contributed by atoms with Crippen molar-refractivity contribution in [1.29, 1.82) is 0 Å². The number of furan rings is 1. The highest BCUT2D eigenvalue weighted by Crippen LogP contribution is 2.27. The van der Waals surface area contributed by atoms with Gasteiger partial charge in [-0.2, -0.15) is 11.3 Å². The van der Waals surface area contributed by atoms with Gasteiger partial charge in [0.1, 0.15) is 5.76 Å². The van der Waals surface area contributed by atoms with Crippen molar-refractivity contribution in [2.24, 2.45) is 5.73 Å². The Kier molecular flexibility index (Phi) is 4.80. The van der Waals surface area contributed by atoms with Crippen LogP contribution in [0.4, 0.5) is 0 Å². The van der Waals surface area contributed by atoms with E-state index < -0.39 is 0 Å². The van der Waals surface area contributed by atoms with Crippen LogP contribution in [0, 0.1) is 6.92 Å². The highest BCUT2D eigenvalue weighted by molar-refractivity contribution is 7.07. The number of aryl methyl sites for hydroxylation is 1. The van der Waals surface area contributed by atoms with E-state index in [1.54, 1.807) is 17.6 Å². The molecule has 2 atom stereocenters. The number of hydrogen-bond acceptors (Lipinski definition) is 4. The number of thiophene rings is 1.